The highest BCUT2D eigenvalue weighted by atomic mass is 32.1. The third-order valence-corrected chi connectivity index (χ3v) is 7.37. The zero-order valence-electron chi connectivity index (χ0n) is 20.6. The first-order chi connectivity index (χ1) is 17.1. The molecule has 1 aromatic carbocycles. The molecule has 35 heavy (non-hydrogen) atoms. The third-order valence-electron chi connectivity index (χ3n) is 7.05. The molecule has 0 spiro atoms. The Hall–Kier alpha value is -2.94. The van der Waals surface area contributed by atoms with E-state index < -0.39 is 0 Å². The van der Waals surface area contributed by atoms with Gasteiger partial charge in [0.15, 0.2) is 5.11 Å². The molecule has 2 aromatic heterocycles. The fourth-order valence-corrected chi connectivity index (χ4v) is 5.59. The topological polar surface area (TPSA) is 54.8 Å². The van der Waals surface area contributed by atoms with Gasteiger partial charge in [0.25, 0.3) is 0 Å². The van der Waals surface area contributed by atoms with Crippen LogP contribution in [0.25, 0.3) is 0 Å². The van der Waals surface area contributed by atoms with Gasteiger partial charge in [0, 0.05) is 55.7 Å². The van der Waals surface area contributed by atoms with Crippen LogP contribution in [-0.4, -0.2) is 54.7 Å². The van der Waals surface area contributed by atoms with Gasteiger partial charge in [-0.25, -0.2) is 0 Å². The van der Waals surface area contributed by atoms with Gasteiger partial charge >= 0.3 is 0 Å². The van der Waals surface area contributed by atoms with Crippen molar-refractivity contribution in [1.82, 2.24) is 14.9 Å². The molecular weight excluding hydrogens is 458 g/mol. The van der Waals surface area contributed by atoms with Crippen LogP contribution in [0.4, 0.5) is 11.4 Å². The summed E-state index contributed by atoms with van der Waals surface area (Å²) in [6.07, 6.45) is 1.85. The smallest absolute Gasteiger partial charge is 0.174 e. The SMILES string of the molecule is COCCn1c(C)cc([C@@H]2[C@H](c3ccccn3)NC(=S)N2c2ccc(N3CCOCC3)cc2)c1C. The van der Waals surface area contributed by atoms with Gasteiger partial charge in [-0.15, -0.1) is 0 Å². The van der Waals surface area contributed by atoms with Gasteiger partial charge in [-0.1, -0.05) is 6.07 Å². The highest BCUT2D eigenvalue weighted by Crippen LogP contribution is 2.43. The third kappa shape index (κ3) is 4.66. The van der Waals surface area contributed by atoms with Crippen LogP contribution in [0, 0.1) is 13.8 Å². The molecule has 4 heterocycles. The number of methoxy groups -OCH3 is 1. The first-order valence-electron chi connectivity index (χ1n) is 12.2. The van der Waals surface area contributed by atoms with Gasteiger partial charge in [0.2, 0.25) is 0 Å². The molecule has 0 aliphatic carbocycles. The second kappa shape index (κ2) is 10.4. The van der Waals surface area contributed by atoms with E-state index in [4.69, 9.17) is 21.7 Å². The number of pyridine rings is 1. The van der Waals surface area contributed by atoms with Gasteiger partial charge < -0.3 is 29.2 Å². The molecule has 2 fully saturated rings. The fraction of sp³-hybridized carbons (Fsp3) is 0.407. The molecule has 7 nitrogen and oxygen atoms in total. The summed E-state index contributed by atoms with van der Waals surface area (Å²) in [4.78, 5) is 9.31. The average molecular weight is 492 g/mol. The fourth-order valence-electron chi connectivity index (χ4n) is 5.25. The van der Waals surface area contributed by atoms with Crippen molar-refractivity contribution in [3.05, 3.63) is 77.4 Å². The lowest BCUT2D eigenvalue weighted by molar-refractivity contribution is 0.122. The highest BCUT2D eigenvalue weighted by molar-refractivity contribution is 7.80. The Bertz CT molecular complexity index is 1160. The van der Waals surface area contributed by atoms with E-state index in [1.807, 2.05) is 18.3 Å². The molecule has 2 aliphatic heterocycles. The normalized spacial score (nSPS) is 20.4. The largest absolute Gasteiger partial charge is 0.383 e. The minimum Gasteiger partial charge on any atom is -0.383 e. The number of nitrogens with one attached hydrogen (secondary N) is 1. The van der Waals surface area contributed by atoms with E-state index in [0.717, 1.165) is 44.2 Å². The van der Waals surface area contributed by atoms with Gasteiger partial charge in [0.1, 0.15) is 0 Å². The van der Waals surface area contributed by atoms with Gasteiger partial charge in [-0.2, -0.15) is 0 Å². The van der Waals surface area contributed by atoms with Crippen molar-refractivity contribution in [2.75, 3.05) is 49.8 Å². The number of anilines is 2. The molecule has 2 aliphatic rings. The number of ether oxygens (including phenoxy) is 2. The second-order valence-corrected chi connectivity index (χ2v) is 9.47. The van der Waals surface area contributed by atoms with Crippen molar-refractivity contribution in [3.63, 3.8) is 0 Å². The lowest BCUT2D eigenvalue weighted by Crippen LogP contribution is -2.36. The number of benzene rings is 1. The number of thiocarbonyl (C=S) groups is 1. The quantitative estimate of drug-likeness (QED) is 0.498. The molecule has 2 atom stereocenters. The van der Waals surface area contributed by atoms with E-state index in [1.54, 1.807) is 7.11 Å². The molecule has 0 bridgehead atoms. The minimum absolute atomic E-state index is 0.0193. The summed E-state index contributed by atoms with van der Waals surface area (Å²) in [5, 5.41) is 4.29. The molecule has 0 radical (unpaired) electrons. The van der Waals surface area contributed by atoms with Crippen molar-refractivity contribution in [3.8, 4) is 0 Å². The van der Waals surface area contributed by atoms with E-state index >= 15 is 0 Å². The number of aryl methyl sites for hydroxylation is 1. The monoisotopic (exact) mass is 491 g/mol. The van der Waals surface area contributed by atoms with Crippen LogP contribution in [0.3, 0.4) is 0 Å². The van der Waals surface area contributed by atoms with Crippen molar-refractivity contribution >= 4 is 28.7 Å². The Balaban J connectivity index is 1.54. The standard InChI is InChI=1S/C27H33N5O2S/c1-19-18-23(20(2)31(19)14-15-33-3)26-25(24-6-4-5-11-28-24)29-27(35)32(26)22-9-7-21(8-10-22)30-12-16-34-17-13-30/h4-11,18,25-26H,12-17H2,1-3H3,(H,29,35)/t25-,26+/m0/s1. The maximum absolute atomic E-state index is 5.92. The van der Waals surface area contributed by atoms with E-state index in [1.165, 1.54) is 22.6 Å². The van der Waals surface area contributed by atoms with Crippen LogP contribution in [0.15, 0.2) is 54.7 Å². The Morgan fingerprint density at radius 2 is 1.83 bits per heavy atom. The van der Waals surface area contributed by atoms with E-state index in [0.29, 0.717) is 11.7 Å². The molecule has 2 saturated heterocycles. The summed E-state index contributed by atoms with van der Waals surface area (Å²) in [6.45, 7) is 9.22. The Kier molecular flexibility index (Phi) is 7.04. The summed E-state index contributed by atoms with van der Waals surface area (Å²) >= 11 is 5.92. The molecule has 3 aromatic rings. The van der Waals surface area contributed by atoms with Crippen molar-refractivity contribution in [2.24, 2.45) is 0 Å². The molecule has 0 amide bonds. The Morgan fingerprint density at radius 1 is 1.09 bits per heavy atom. The number of aromatic nitrogens is 2. The van der Waals surface area contributed by atoms with Gasteiger partial charge in [-0.3, -0.25) is 4.98 Å². The summed E-state index contributed by atoms with van der Waals surface area (Å²) in [6, 6.07) is 17.0. The van der Waals surface area contributed by atoms with Crippen molar-refractivity contribution in [2.45, 2.75) is 32.5 Å². The van der Waals surface area contributed by atoms with Crippen LogP contribution >= 0.6 is 12.2 Å². The number of hydrogen-bond acceptors (Lipinski definition) is 5. The maximum Gasteiger partial charge on any atom is 0.174 e. The summed E-state index contributed by atoms with van der Waals surface area (Å²) in [7, 11) is 1.74. The molecule has 184 valence electrons. The zero-order chi connectivity index (χ0) is 24.4. The molecule has 8 heteroatoms. The van der Waals surface area contributed by atoms with Gasteiger partial charge in [0.05, 0.1) is 37.6 Å². The number of morpholine rings is 1. The summed E-state index contributed by atoms with van der Waals surface area (Å²) in [5.41, 5.74) is 6.96. The molecular formula is C27H33N5O2S. The average Bonchev–Trinajstić information content (AvgIpc) is 3.38. The van der Waals surface area contributed by atoms with E-state index in [-0.39, 0.29) is 12.1 Å². The Morgan fingerprint density at radius 3 is 2.51 bits per heavy atom. The minimum atomic E-state index is -0.0565. The maximum atomic E-state index is 5.92. The summed E-state index contributed by atoms with van der Waals surface area (Å²) < 4.78 is 13.2. The van der Waals surface area contributed by atoms with Crippen LogP contribution in [0.2, 0.25) is 0 Å². The molecule has 0 unspecified atom stereocenters. The van der Waals surface area contributed by atoms with Crippen LogP contribution in [-0.2, 0) is 16.0 Å². The van der Waals surface area contributed by atoms with Crippen molar-refractivity contribution in [1.29, 1.82) is 0 Å². The molecule has 1 N–H and O–H groups in total. The van der Waals surface area contributed by atoms with Crippen molar-refractivity contribution < 1.29 is 9.47 Å². The second-order valence-electron chi connectivity index (χ2n) is 9.08. The lowest BCUT2D eigenvalue weighted by atomic mass is 9.96. The van der Waals surface area contributed by atoms with Gasteiger partial charge in [-0.05, 0) is 74.1 Å². The highest BCUT2D eigenvalue weighted by Gasteiger charge is 2.42. The summed E-state index contributed by atoms with van der Waals surface area (Å²) in [5.74, 6) is 0. The number of hydrogen-bond donors (Lipinski definition) is 1. The van der Waals surface area contributed by atoms with Crippen LogP contribution in [0.5, 0.6) is 0 Å². The Labute approximate surface area is 212 Å². The van der Waals surface area contributed by atoms with Crippen LogP contribution < -0.4 is 15.1 Å². The first kappa shape index (κ1) is 23.8. The lowest BCUT2D eigenvalue weighted by Gasteiger charge is -2.31. The predicted octanol–water partition coefficient (Wildman–Crippen LogP) is 4.16. The van der Waals surface area contributed by atoms with Crippen LogP contribution in [0.1, 0.15) is 34.7 Å². The zero-order valence-corrected chi connectivity index (χ0v) is 21.4. The van der Waals surface area contributed by atoms with E-state index in [9.17, 15) is 0 Å². The molecule has 0 saturated carbocycles. The predicted molar refractivity (Wildman–Crippen MR) is 143 cm³/mol. The number of nitrogens with zero attached hydrogens (tertiary/aromatic N) is 4. The number of rotatable bonds is 7. The molecule has 5 rings (SSSR count). The van der Waals surface area contributed by atoms with E-state index in [2.05, 4.69) is 74.9 Å². The first-order valence-corrected chi connectivity index (χ1v) is 12.6.